The molecule has 4 heteroatoms. The van der Waals surface area contributed by atoms with Crippen LogP contribution in [0.2, 0.25) is 10.0 Å². The van der Waals surface area contributed by atoms with E-state index in [1.54, 1.807) is 6.07 Å². The third-order valence-corrected chi connectivity index (χ3v) is 4.09. The Bertz CT molecular complexity index is 653. The number of hydrogen-bond donors (Lipinski definition) is 1. The van der Waals surface area contributed by atoms with Gasteiger partial charge in [0, 0.05) is 22.2 Å². The van der Waals surface area contributed by atoms with E-state index in [-0.39, 0.29) is 0 Å². The molecule has 0 bridgehead atoms. The van der Waals surface area contributed by atoms with Gasteiger partial charge < -0.3 is 10.2 Å². The van der Waals surface area contributed by atoms with Gasteiger partial charge in [-0.05, 0) is 24.1 Å². The van der Waals surface area contributed by atoms with Gasteiger partial charge >= 0.3 is 0 Å². The Kier molecular flexibility index (Phi) is 4.37. The molecule has 21 heavy (non-hydrogen) atoms. The van der Waals surface area contributed by atoms with Crippen LogP contribution >= 0.6 is 23.2 Å². The van der Waals surface area contributed by atoms with Crippen LogP contribution in [0, 0.1) is 6.20 Å². The zero-order valence-corrected chi connectivity index (χ0v) is 13.0. The van der Waals surface area contributed by atoms with E-state index in [1.165, 1.54) is 5.56 Å². The predicted molar refractivity (Wildman–Crippen MR) is 88.0 cm³/mol. The van der Waals surface area contributed by atoms with Gasteiger partial charge in [0.15, 0.2) is 0 Å². The van der Waals surface area contributed by atoms with Crippen molar-refractivity contribution < 1.29 is 0 Å². The molecule has 0 saturated heterocycles. The monoisotopic (exact) mass is 317 g/mol. The molecule has 0 spiro atoms. The first-order chi connectivity index (χ1) is 10.2. The second-order valence-corrected chi connectivity index (χ2v) is 5.77. The van der Waals surface area contributed by atoms with Crippen molar-refractivity contribution in [3.63, 3.8) is 0 Å². The van der Waals surface area contributed by atoms with E-state index in [1.807, 2.05) is 30.3 Å². The van der Waals surface area contributed by atoms with Crippen molar-refractivity contribution in [1.29, 1.82) is 0 Å². The molecule has 0 unspecified atom stereocenters. The SMILES string of the molecule is Clc1ccc(CCN2CN[C]=C2c2ccccc2)c(Cl)c1. The minimum absolute atomic E-state index is 0.671. The quantitative estimate of drug-likeness (QED) is 0.909. The Morgan fingerprint density at radius 2 is 1.90 bits per heavy atom. The van der Waals surface area contributed by atoms with Crippen LogP contribution in [0.3, 0.4) is 0 Å². The van der Waals surface area contributed by atoms with Gasteiger partial charge in [-0.15, -0.1) is 0 Å². The average Bonchev–Trinajstić information content (AvgIpc) is 2.96. The molecule has 0 fully saturated rings. The highest BCUT2D eigenvalue weighted by atomic mass is 35.5. The third-order valence-electron chi connectivity index (χ3n) is 3.51. The highest BCUT2D eigenvalue weighted by molar-refractivity contribution is 6.35. The van der Waals surface area contributed by atoms with Crippen LogP contribution < -0.4 is 5.32 Å². The largest absolute Gasteiger partial charge is 0.364 e. The van der Waals surface area contributed by atoms with E-state index in [0.29, 0.717) is 5.02 Å². The van der Waals surface area contributed by atoms with E-state index in [9.17, 15) is 0 Å². The zero-order chi connectivity index (χ0) is 14.7. The number of benzene rings is 2. The Morgan fingerprint density at radius 3 is 2.67 bits per heavy atom. The molecular weight excluding hydrogens is 303 g/mol. The average molecular weight is 318 g/mol. The lowest BCUT2D eigenvalue weighted by molar-refractivity contribution is 0.413. The predicted octanol–water partition coefficient (Wildman–Crippen LogP) is 4.20. The van der Waals surface area contributed by atoms with Crippen LogP contribution in [0.15, 0.2) is 48.5 Å². The van der Waals surface area contributed by atoms with Crippen LogP contribution in [-0.4, -0.2) is 18.1 Å². The van der Waals surface area contributed by atoms with Gasteiger partial charge in [0.2, 0.25) is 0 Å². The molecule has 1 N–H and O–H groups in total. The molecular formula is C17H15Cl2N2. The van der Waals surface area contributed by atoms with Gasteiger partial charge in [0.05, 0.1) is 18.6 Å². The van der Waals surface area contributed by atoms with Crippen LogP contribution in [0.1, 0.15) is 11.1 Å². The number of hydrogen-bond acceptors (Lipinski definition) is 2. The highest BCUT2D eigenvalue weighted by Gasteiger charge is 2.17. The summed E-state index contributed by atoms with van der Waals surface area (Å²) in [7, 11) is 0. The van der Waals surface area contributed by atoms with Gasteiger partial charge in [0.25, 0.3) is 0 Å². The maximum atomic E-state index is 6.23. The topological polar surface area (TPSA) is 15.3 Å². The van der Waals surface area contributed by atoms with Gasteiger partial charge in [-0.1, -0.05) is 59.6 Å². The van der Waals surface area contributed by atoms with Crippen LogP contribution in [0.4, 0.5) is 0 Å². The van der Waals surface area contributed by atoms with E-state index in [2.05, 4.69) is 28.5 Å². The van der Waals surface area contributed by atoms with Gasteiger partial charge in [-0.2, -0.15) is 0 Å². The number of nitrogens with one attached hydrogen (secondary N) is 1. The molecule has 0 amide bonds. The highest BCUT2D eigenvalue weighted by Crippen LogP contribution is 2.24. The summed E-state index contributed by atoms with van der Waals surface area (Å²) in [4.78, 5) is 2.26. The normalized spacial score (nSPS) is 14.0. The first-order valence-electron chi connectivity index (χ1n) is 6.84. The van der Waals surface area contributed by atoms with Crippen molar-refractivity contribution in [2.75, 3.05) is 13.2 Å². The summed E-state index contributed by atoms with van der Waals surface area (Å²) in [6.45, 7) is 1.65. The first-order valence-corrected chi connectivity index (χ1v) is 7.60. The summed E-state index contributed by atoms with van der Waals surface area (Å²) >= 11 is 12.2. The summed E-state index contributed by atoms with van der Waals surface area (Å²) in [5, 5.41) is 4.56. The van der Waals surface area contributed by atoms with Gasteiger partial charge in [-0.25, -0.2) is 0 Å². The third kappa shape index (κ3) is 3.34. The molecule has 2 nitrogen and oxygen atoms in total. The van der Waals surface area contributed by atoms with E-state index < -0.39 is 0 Å². The standard InChI is InChI=1S/C17H15Cl2N2/c18-15-7-6-13(16(19)10-15)8-9-21-12-20-11-17(21)14-4-2-1-3-5-14/h1-7,10,20H,8-9,12H2. The lowest BCUT2D eigenvalue weighted by atomic mass is 10.1. The van der Waals surface area contributed by atoms with Crippen molar-refractivity contribution in [3.05, 3.63) is 75.9 Å². The Labute approximate surface area is 135 Å². The lowest BCUT2D eigenvalue weighted by Crippen LogP contribution is -2.25. The first kappa shape index (κ1) is 14.3. The molecule has 1 aliphatic heterocycles. The van der Waals surface area contributed by atoms with Crippen molar-refractivity contribution in [1.82, 2.24) is 10.2 Å². The molecule has 0 aromatic heterocycles. The summed E-state index contributed by atoms with van der Waals surface area (Å²) in [5.74, 6) is 0. The van der Waals surface area contributed by atoms with Gasteiger partial charge in [-0.3, -0.25) is 0 Å². The molecule has 1 heterocycles. The zero-order valence-electron chi connectivity index (χ0n) is 11.4. The second-order valence-electron chi connectivity index (χ2n) is 4.92. The minimum atomic E-state index is 0.671. The smallest absolute Gasteiger partial charge is 0.0878 e. The van der Waals surface area contributed by atoms with Gasteiger partial charge in [0.1, 0.15) is 0 Å². The van der Waals surface area contributed by atoms with Crippen LogP contribution in [-0.2, 0) is 6.42 Å². The Hall–Kier alpha value is -1.64. The summed E-state index contributed by atoms with van der Waals surface area (Å²) in [6, 6.07) is 15.9. The molecule has 1 aliphatic rings. The fourth-order valence-electron chi connectivity index (χ4n) is 2.40. The van der Waals surface area contributed by atoms with Crippen molar-refractivity contribution >= 4 is 28.9 Å². The Morgan fingerprint density at radius 1 is 1.10 bits per heavy atom. The summed E-state index contributed by atoms with van der Waals surface area (Å²) in [5.41, 5.74) is 3.38. The van der Waals surface area contributed by atoms with Crippen LogP contribution in [0.25, 0.3) is 5.70 Å². The van der Waals surface area contributed by atoms with Crippen molar-refractivity contribution in [3.8, 4) is 0 Å². The number of rotatable bonds is 4. The van der Waals surface area contributed by atoms with Crippen molar-refractivity contribution in [2.24, 2.45) is 0 Å². The maximum Gasteiger partial charge on any atom is 0.0878 e. The molecule has 0 aliphatic carbocycles. The molecule has 0 atom stereocenters. The minimum Gasteiger partial charge on any atom is -0.364 e. The fraction of sp³-hybridized carbons (Fsp3) is 0.176. The van der Waals surface area contributed by atoms with E-state index in [4.69, 9.17) is 23.2 Å². The van der Waals surface area contributed by atoms with Crippen LogP contribution in [0.5, 0.6) is 0 Å². The molecule has 2 aromatic rings. The molecule has 1 radical (unpaired) electrons. The number of halogens is 2. The maximum absolute atomic E-state index is 6.23. The van der Waals surface area contributed by atoms with Crippen molar-refractivity contribution in [2.45, 2.75) is 6.42 Å². The van der Waals surface area contributed by atoms with E-state index >= 15 is 0 Å². The molecule has 0 saturated carbocycles. The molecule has 3 rings (SSSR count). The number of nitrogens with zero attached hydrogens (tertiary/aromatic N) is 1. The van der Waals surface area contributed by atoms with E-state index in [0.717, 1.165) is 35.9 Å². The Balaban J connectivity index is 1.69. The second kappa shape index (κ2) is 6.42. The molecule has 107 valence electrons. The lowest BCUT2D eigenvalue weighted by Gasteiger charge is -2.21. The fourth-order valence-corrected chi connectivity index (χ4v) is 2.90. The summed E-state index contributed by atoms with van der Waals surface area (Å²) in [6.07, 6.45) is 4.09. The summed E-state index contributed by atoms with van der Waals surface area (Å²) < 4.78 is 0. The molecule has 2 aromatic carbocycles.